The highest BCUT2D eigenvalue weighted by Crippen LogP contribution is 2.05. The maximum Gasteiger partial charge on any atom is 0.335 e. The second-order valence-corrected chi connectivity index (χ2v) is 4.03. The molecule has 1 aromatic heterocycles. The van der Waals surface area contributed by atoms with E-state index in [0.717, 1.165) is 0 Å². The molecule has 2 rings (SSSR count). The summed E-state index contributed by atoms with van der Waals surface area (Å²) in [5.41, 5.74) is 1.52. The van der Waals surface area contributed by atoms with Crippen LogP contribution in [0.1, 0.15) is 21.6 Å². The number of hydrogen-bond donors (Lipinski definition) is 3. The number of rotatable bonds is 5. The van der Waals surface area contributed by atoms with Crippen molar-refractivity contribution < 1.29 is 19.2 Å². The fourth-order valence-electron chi connectivity index (χ4n) is 1.56. The van der Waals surface area contributed by atoms with Gasteiger partial charge in [-0.3, -0.25) is 0 Å². The lowest BCUT2D eigenvalue weighted by Gasteiger charge is -2.07. The molecule has 1 aromatic carbocycles. The minimum absolute atomic E-state index is 0.187. The molecule has 0 radical (unpaired) electrons. The van der Waals surface area contributed by atoms with Crippen molar-refractivity contribution >= 4 is 12.0 Å². The maximum atomic E-state index is 11.5. The summed E-state index contributed by atoms with van der Waals surface area (Å²) in [6.07, 6.45) is 1.42. The van der Waals surface area contributed by atoms with Gasteiger partial charge < -0.3 is 20.3 Å². The summed E-state index contributed by atoms with van der Waals surface area (Å²) < 4.78 is 4.63. The van der Waals surface area contributed by atoms with Gasteiger partial charge in [-0.1, -0.05) is 17.3 Å². The highest BCUT2D eigenvalue weighted by atomic mass is 16.5. The van der Waals surface area contributed by atoms with Gasteiger partial charge >= 0.3 is 12.0 Å². The van der Waals surface area contributed by atoms with Crippen LogP contribution in [-0.2, 0) is 13.1 Å². The Morgan fingerprint density at radius 1 is 1.20 bits per heavy atom. The molecular formula is C13H13N3O4. The number of urea groups is 1. The van der Waals surface area contributed by atoms with Gasteiger partial charge in [-0.15, -0.1) is 0 Å². The van der Waals surface area contributed by atoms with Crippen LogP contribution >= 0.6 is 0 Å². The van der Waals surface area contributed by atoms with E-state index in [2.05, 4.69) is 20.3 Å². The van der Waals surface area contributed by atoms with Gasteiger partial charge in [0.1, 0.15) is 12.0 Å². The van der Waals surface area contributed by atoms with Gasteiger partial charge in [-0.25, -0.2) is 9.59 Å². The molecule has 0 saturated carbocycles. The number of aromatic nitrogens is 1. The van der Waals surface area contributed by atoms with Crippen LogP contribution in [-0.4, -0.2) is 22.3 Å². The molecule has 0 spiro atoms. The molecule has 1 heterocycles. The fourth-order valence-corrected chi connectivity index (χ4v) is 1.56. The normalized spacial score (nSPS) is 10.0. The molecule has 0 atom stereocenters. The van der Waals surface area contributed by atoms with E-state index in [1.54, 1.807) is 18.2 Å². The van der Waals surface area contributed by atoms with Crippen molar-refractivity contribution in [3.8, 4) is 0 Å². The molecule has 0 aliphatic rings. The molecule has 3 N–H and O–H groups in total. The third-order valence-corrected chi connectivity index (χ3v) is 2.55. The Balaban J connectivity index is 1.81. The summed E-state index contributed by atoms with van der Waals surface area (Å²) >= 11 is 0. The number of amides is 2. The monoisotopic (exact) mass is 275 g/mol. The van der Waals surface area contributed by atoms with Crippen LogP contribution in [0.25, 0.3) is 0 Å². The van der Waals surface area contributed by atoms with E-state index in [1.165, 1.54) is 18.4 Å². The summed E-state index contributed by atoms with van der Waals surface area (Å²) in [5, 5.41) is 17.7. The quantitative estimate of drug-likeness (QED) is 0.764. The second-order valence-electron chi connectivity index (χ2n) is 4.03. The van der Waals surface area contributed by atoms with E-state index >= 15 is 0 Å². The average Bonchev–Trinajstić information content (AvgIpc) is 2.96. The van der Waals surface area contributed by atoms with E-state index in [4.69, 9.17) is 5.11 Å². The van der Waals surface area contributed by atoms with Crippen LogP contribution in [0.3, 0.4) is 0 Å². The van der Waals surface area contributed by atoms with Crippen molar-refractivity contribution in [1.29, 1.82) is 0 Å². The molecule has 2 aromatic rings. The molecule has 0 unspecified atom stereocenters. The van der Waals surface area contributed by atoms with Crippen LogP contribution in [0.4, 0.5) is 4.79 Å². The van der Waals surface area contributed by atoms with Crippen molar-refractivity contribution in [2.45, 2.75) is 13.1 Å². The summed E-state index contributed by atoms with van der Waals surface area (Å²) in [4.78, 5) is 22.3. The number of nitrogens with zero attached hydrogens (tertiary/aromatic N) is 1. The Hall–Kier alpha value is -2.83. The molecule has 20 heavy (non-hydrogen) atoms. The van der Waals surface area contributed by atoms with Gasteiger partial charge in [0.25, 0.3) is 0 Å². The number of carbonyl (C=O) groups excluding carboxylic acids is 1. The third-order valence-electron chi connectivity index (χ3n) is 2.55. The lowest BCUT2D eigenvalue weighted by Crippen LogP contribution is -2.34. The predicted octanol–water partition coefficient (Wildman–Crippen LogP) is 1.37. The van der Waals surface area contributed by atoms with E-state index in [9.17, 15) is 9.59 Å². The van der Waals surface area contributed by atoms with Gasteiger partial charge in [0, 0.05) is 12.6 Å². The number of nitrogens with one attached hydrogen (secondary N) is 2. The first kappa shape index (κ1) is 13.6. The lowest BCUT2D eigenvalue weighted by atomic mass is 10.1. The molecule has 7 heteroatoms. The summed E-state index contributed by atoms with van der Waals surface area (Å²) in [6, 6.07) is 7.67. The molecule has 0 saturated heterocycles. The number of hydrogen-bond acceptors (Lipinski definition) is 4. The Morgan fingerprint density at radius 3 is 2.70 bits per heavy atom. The molecule has 0 bridgehead atoms. The van der Waals surface area contributed by atoms with Crippen molar-refractivity contribution in [3.05, 3.63) is 53.4 Å². The van der Waals surface area contributed by atoms with Gasteiger partial charge in [0.2, 0.25) is 0 Å². The zero-order chi connectivity index (χ0) is 14.4. The summed E-state index contributed by atoms with van der Waals surface area (Å²) in [5.74, 6) is -0.998. The SMILES string of the molecule is O=C(NCc1cccc(C(=O)O)c1)NCc1ccon1. The van der Waals surface area contributed by atoms with Gasteiger partial charge in [-0.05, 0) is 17.7 Å². The zero-order valence-corrected chi connectivity index (χ0v) is 10.5. The number of carboxylic acids is 1. The molecule has 0 aliphatic carbocycles. The average molecular weight is 275 g/mol. The maximum absolute atomic E-state index is 11.5. The number of carboxylic acid groups (broad SMARTS) is 1. The van der Waals surface area contributed by atoms with Gasteiger partial charge in [0.05, 0.1) is 12.1 Å². The Morgan fingerprint density at radius 2 is 2.00 bits per heavy atom. The topological polar surface area (TPSA) is 104 Å². The Bertz CT molecular complexity index is 595. The van der Waals surface area contributed by atoms with Crippen LogP contribution in [0.5, 0.6) is 0 Å². The predicted molar refractivity (Wildman–Crippen MR) is 69.0 cm³/mol. The molecule has 0 fully saturated rings. The van der Waals surface area contributed by atoms with Crippen molar-refractivity contribution in [2.24, 2.45) is 0 Å². The van der Waals surface area contributed by atoms with Gasteiger partial charge in [0.15, 0.2) is 0 Å². The van der Waals surface area contributed by atoms with Crippen LogP contribution in [0, 0.1) is 0 Å². The van der Waals surface area contributed by atoms with E-state index in [-0.39, 0.29) is 24.7 Å². The van der Waals surface area contributed by atoms with Crippen molar-refractivity contribution in [2.75, 3.05) is 0 Å². The van der Waals surface area contributed by atoms with Crippen molar-refractivity contribution in [1.82, 2.24) is 15.8 Å². The number of benzene rings is 1. The first-order valence-corrected chi connectivity index (χ1v) is 5.88. The Labute approximate surface area is 114 Å². The first-order valence-electron chi connectivity index (χ1n) is 5.88. The van der Waals surface area contributed by atoms with Crippen LogP contribution < -0.4 is 10.6 Å². The molecule has 0 aliphatic heterocycles. The molecular weight excluding hydrogens is 262 g/mol. The summed E-state index contributed by atoms with van der Waals surface area (Å²) in [7, 11) is 0. The highest BCUT2D eigenvalue weighted by Gasteiger charge is 2.05. The van der Waals surface area contributed by atoms with Crippen molar-refractivity contribution in [3.63, 3.8) is 0 Å². The van der Waals surface area contributed by atoms with Gasteiger partial charge in [-0.2, -0.15) is 0 Å². The highest BCUT2D eigenvalue weighted by molar-refractivity contribution is 5.87. The molecule has 2 amide bonds. The van der Waals surface area contributed by atoms with E-state index < -0.39 is 5.97 Å². The van der Waals surface area contributed by atoms with Crippen LogP contribution in [0.15, 0.2) is 41.1 Å². The largest absolute Gasteiger partial charge is 0.478 e. The first-order chi connectivity index (χ1) is 9.65. The molecule has 104 valence electrons. The smallest absolute Gasteiger partial charge is 0.335 e. The Kier molecular flexibility index (Phi) is 4.33. The standard InChI is InChI=1S/C13H13N3O4/c17-12(18)10-3-1-2-9(6-10)7-14-13(19)15-8-11-4-5-20-16-11/h1-6H,7-8H2,(H,17,18)(H2,14,15,19). The fraction of sp³-hybridized carbons (Fsp3) is 0.154. The van der Waals surface area contributed by atoms with E-state index in [0.29, 0.717) is 11.3 Å². The number of aromatic carboxylic acids is 1. The molecule has 7 nitrogen and oxygen atoms in total. The van der Waals surface area contributed by atoms with Crippen LogP contribution in [0.2, 0.25) is 0 Å². The van der Waals surface area contributed by atoms with E-state index in [1.807, 2.05) is 0 Å². The minimum atomic E-state index is -0.998. The number of carbonyl (C=O) groups is 2. The second kappa shape index (κ2) is 6.37. The third kappa shape index (κ3) is 3.84. The zero-order valence-electron chi connectivity index (χ0n) is 10.5. The summed E-state index contributed by atoms with van der Waals surface area (Å²) in [6.45, 7) is 0.503. The minimum Gasteiger partial charge on any atom is -0.478 e. The lowest BCUT2D eigenvalue weighted by molar-refractivity contribution is 0.0696.